The first kappa shape index (κ1) is 12.8. The van der Waals surface area contributed by atoms with Gasteiger partial charge < -0.3 is 10.6 Å². The van der Waals surface area contributed by atoms with Gasteiger partial charge in [-0.2, -0.15) is 0 Å². The number of fused-ring (bicyclic) bond motifs is 2. The maximum absolute atomic E-state index is 12.8. The quantitative estimate of drug-likeness (QED) is 0.700. The van der Waals surface area contributed by atoms with Crippen molar-refractivity contribution >= 4 is 28.2 Å². The van der Waals surface area contributed by atoms with Crippen LogP contribution in [-0.2, 0) is 6.42 Å². The number of hydrogen-bond acceptors (Lipinski definition) is 3. The van der Waals surface area contributed by atoms with E-state index in [1.807, 2.05) is 48.5 Å². The largest absolute Gasteiger partial charge is 0.399 e. The van der Waals surface area contributed by atoms with Crippen molar-refractivity contribution in [3.63, 3.8) is 0 Å². The number of aromatic nitrogens is 1. The Balaban J connectivity index is 1.73. The standard InChI is InChI=1S/C18H15N3O/c19-14-6-8-17-13(11-14)9-10-21(17)18(22)16-7-5-12-3-1-2-4-15(12)20-16/h1-8,11H,9-10,19H2. The second-order valence-corrected chi connectivity index (χ2v) is 5.48. The average Bonchev–Trinajstić information content (AvgIpc) is 2.96. The van der Waals surface area contributed by atoms with Gasteiger partial charge in [-0.05, 0) is 42.3 Å². The third-order valence-electron chi connectivity index (χ3n) is 4.06. The van der Waals surface area contributed by atoms with Crippen LogP contribution in [-0.4, -0.2) is 17.4 Å². The summed E-state index contributed by atoms with van der Waals surface area (Å²) in [7, 11) is 0. The first-order valence-electron chi connectivity index (χ1n) is 7.28. The monoisotopic (exact) mass is 289 g/mol. The van der Waals surface area contributed by atoms with Gasteiger partial charge in [-0.3, -0.25) is 4.79 Å². The summed E-state index contributed by atoms with van der Waals surface area (Å²) < 4.78 is 0. The van der Waals surface area contributed by atoms with Gasteiger partial charge in [0.2, 0.25) is 0 Å². The number of nitrogens with two attached hydrogens (primary N) is 1. The van der Waals surface area contributed by atoms with Crippen molar-refractivity contribution in [1.82, 2.24) is 4.98 Å². The fraction of sp³-hybridized carbons (Fsp3) is 0.111. The third kappa shape index (κ3) is 2.00. The van der Waals surface area contributed by atoms with Crippen LogP contribution in [0.5, 0.6) is 0 Å². The molecule has 0 atom stereocenters. The van der Waals surface area contributed by atoms with E-state index in [1.54, 1.807) is 11.0 Å². The van der Waals surface area contributed by atoms with Crippen molar-refractivity contribution in [2.75, 3.05) is 17.2 Å². The van der Waals surface area contributed by atoms with Gasteiger partial charge in [0.1, 0.15) is 5.69 Å². The Hall–Kier alpha value is -2.88. The summed E-state index contributed by atoms with van der Waals surface area (Å²) in [5.41, 5.74) is 9.92. The molecule has 2 heterocycles. The van der Waals surface area contributed by atoms with Crippen LogP contribution in [0.15, 0.2) is 54.6 Å². The predicted molar refractivity (Wildman–Crippen MR) is 88.0 cm³/mol. The Morgan fingerprint density at radius 2 is 1.95 bits per heavy atom. The number of rotatable bonds is 1. The summed E-state index contributed by atoms with van der Waals surface area (Å²) in [5.74, 6) is -0.0609. The van der Waals surface area contributed by atoms with E-state index < -0.39 is 0 Å². The zero-order valence-corrected chi connectivity index (χ0v) is 12.0. The minimum Gasteiger partial charge on any atom is -0.399 e. The molecule has 1 aliphatic rings. The first-order chi connectivity index (χ1) is 10.7. The lowest BCUT2D eigenvalue weighted by molar-refractivity contribution is 0.0985. The molecule has 0 spiro atoms. The molecule has 4 nitrogen and oxygen atoms in total. The molecule has 0 aliphatic carbocycles. The number of nitrogen functional groups attached to an aromatic ring is 1. The number of benzene rings is 2. The molecule has 0 radical (unpaired) electrons. The van der Waals surface area contributed by atoms with E-state index >= 15 is 0 Å². The van der Waals surface area contributed by atoms with E-state index in [9.17, 15) is 4.79 Å². The molecule has 0 saturated carbocycles. The molecular formula is C18H15N3O. The highest BCUT2D eigenvalue weighted by Gasteiger charge is 2.26. The highest BCUT2D eigenvalue weighted by atomic mass is 16.2. The number of pyridine rings is 1. The molecular weight excluding hydrogens is 274 g/mol. The average molecular weight is 289 g/mol. The molecule has 4 rings (SSSR count). The number of carbonyl (C=O) groups excluding carboxylic acids is 1. The molecule has 4 heteroatoms. The Labute approximate surface area is 128 Å². The molecule has 0 unspecified atom stereocenters. The number of carbonyl (C=O) groups is 1. The number of anilines is 2. The van der Waals surface area contributed by atoms with Crippen molar-refractivity contribution in [1.29, 1.82) is 0 Å². The Morgan fingerprint density at radius 3 is 2.86 bits per heavy atom. The van der Waals surface area contributed by atoms with E-state index in [1.165, 1.54) is 0 Å². The minimum absolute atomic E-state index is 0.0609. The number of para-hydroxylation sites is 1. The smallest absolute Gasteiger partial charge is 0.276 e. The molecule has 0 saturated heterocycles. The van der Waals surface area contributed by atoms with Gasteiger partial charge >= 0.3 is 0 Å². The molecule has 2 aromatic carbocycles. The van der Waals surface area contributed by atoms with Gasteiger partial charge in [0.05, 0.1) is 5.52 Å². The summed E-state index contributed by atoms with van der Waals surface area (Å²) in [6.45, 7) is 0.673. The third-order valence-corrected chi connectivity index (χ3v) is 4.06. The number of amides is 1. The lowest BCUT2D eigenvalue weighted by Crippen LogP contribution is -2.29. The van der Waals surface area contributed by atoms with Gasteiger partial charge in [-0.25, -0.2) is 4.98 Å². The van der Waals surface area contributed by atoms with Crippen molar-refractivity contribution in [2.45, 2.75) is 6.42 Å². The zero-order valence-electron chi connectivity index (χ0n) is 12.0. The summed E-state index contributed by atoms with van der Waals surface area (Å²) in [6.07, 6.45) is 0.833. The molecule has 0 fully saturated rings. The maximum Gasteiger partial charge on any atom is 0.276 e. The van der Waals surface area contributed by atoms with Crippen LogP contribution in [0.1, 0.15) is 16.1 Å². The molecule has 108 valence electrons. The molecule has 1 aromatic heterocycles. The van der Waals surface area contributed by atoms with Crippen LogP contribution in [0.3, 0.4) is 0 Å². The Morgan fingerprint density at radius 1 is 1.09 bits per heavy atom. The highest BCUT2D eigenvalue weighted by molar-refractivity contribution is 6.07. The molecule has 1 amide bonds. The molecule has 0 bridgehead atoms. The van der Waals surface area contributed by atoms with E-state index in [2.05, 4.69) is 4.98 Å². The van der Waals surface area contributed by atoms with Crippen LogP contribution in [0.25, 0.3) is 10.9 Å². The number of hydrogen-bond donors (Lipinski definition) is 1. The van der Waals surface area contributed by atoms with Gasteiger partial charge in [0, 0.05) is 23.3 Å². The molecule has 2 N–H and O–H groups in total. The van der Waals surface area contributed by atoms with E-state index in [4.69, 9.17) is 5.73 Å². The zero-order chi connectivity index (χ0) is 15.1. The van der Waals surface area contributed by atoms with Crippen molar-refractivity contribution in [3.8, 4) is 0 Å². The summed E-state index contributed by atoms with van der Waals surface area (Å²) in [5, 5.41) is 1.04. The Bertz CT molecular complexity index is 888. The highest BCUT2D eigenvalue weighted by Crippen LogP contribution is 2.30. The van der Waals surface area contributed by atoms with E-state index in [0.717, 1.165) is 34.3 Å². The fourth-order valence-corrected chi connectivity index (χ4v) is 2.96. The van der Waals surface area contributed by atoms with E-state index in [-0.39, 0.29) is 5.91 Å². The lowest BCUT2D eigenvalue weighted by Gasteiger charge is -2.17. The summed E-state index contributed by atoms with van der Waals surface area (Å²) in [4.78, 5) is 19.0. The van der Waals surface area contributed by atoms with Gasteiger partial charge in [-0.15, -0.1) is 0 Å². The van der Waals surface area contributed by atoms with Gasteiger partial charge in [-0.1, -0.05) is 24.3 Å². The molecule has 1 aliphatic heterocycles. The first-order valence-corrected chi connectivity index (χ1v) is 7.28. The van der Waals surface area contributed by atoms with Gasteiger partial charge in [0.15, 0.2) is 0 Å². The van der Waals surface area contributed by atoms with E-state index in [0.29, 0.717) is 12.2 Å². The van der Waals surface area contributed by atoms with Crippen LogP contribution in [0.2, 0.25) is 0 Å². The molecule has 3 aromatic rings. The fourth-order valence-electron chi connectivity index (χ4n) is 2.96. The molecule has 22 heavy (non-hydrogen) atoms. The van der Waals surface area contributed by atoms with Crippen molar-refractivity contribution in [3.05, 3.63) is 65.9 Å². The Kier molecular flexibility index (Phi) is 2.82. The van der Waals surface area contributed by atoms with Crippen molar-refractivity contribution < 1.29 is 4.79 Å². The number of nitrogens with zero attached hydrogens (tertiary/aromatic N) is 2. The van der Waals surface area contributed by atoms with Gasteiger partial charge in [0.25, 0.3) is 5.91 Å². The summed E-state index contributed by atoms with van der Waals surface area (Å²) in [6, 6.07) is 17.2. The SMILES string of the molecule is Nc1ccc2c(c1)CCN2C(=O)c1ccc2ccccc2n1. The van der Waals surface area contributed by atoms with Crippen LogP contribution >= 0.6 is 0 Å². The predicted octanol–water partition coefficient (Wildman–Crippen LogP) is 3.02. The second kappa shape index (κ2) is 4.84. The maximum atomic E-state index is 12.8. The normalized spacial score (nSPS) is 13.4. The topological polar surface area (TPSA) is 59.2 Å². The second-order valence-electron chi connectivity index (χ2n) is 5.48. The summed E-state index contributed by atoms with van der Waals surface area (Å²) >= 11 is 0. The minimum atomic E-state index is -0.0609. The lowest BCUT2D eigenvalue weighted by atomic mass is 10.1. The van der Waals surface area contributed by atoms with Crippen LogP contribution in [0.4, 0.5) is 11.4 Å². The van der Waals surface area contributed by atoms with Crippen LogP contribution < -0.4 is 10.6 Å². The van der Waals surface area contributed by atoms with Crippen LogP contribution in [0, 0.1) is 0 Å². The van der Waals surface area contributed by atoms with Crippen molar-refractivity contribution in [2.24, 2.45) is 0 Å².